The van der Waals surface area contributed by atoms with Gasteiger partial charge in [-0.15, -0.1) is 0 Å². The fourth-order valence-corrected chi connectivity index (χ4v) is 3.48. The molecule has 6 nitrogen and oxygen atoms in total. The molecule has 1 N–H and O–H groups in total. The summed E-state index contributed by atoms with van der Waals surface area (Å²) in [4.78, 5) is 30.4. The second kappa shape index (κ2) is 9.91. The van der Waals surface area contributed by atoms with E-state index < -0.39 is 5.82 Å². The molecule has 0 unspecified atom stereocenters. The lowest BCUT2D eigenvalue weighted by Gasteiger charge is -2.34. The number of anilines is 1. The number of carbonyl (C=O) groups excluding carboxylic acids is 2. The van der Waals surface area contributed by atoms with E-state index in [1.54, 1.807) is 4.90 Å². The van der Waals surface area contributed by atoms with Crippen LogP contribution in [0.1, 0.15) is 15.9 Å². The highest BCUT2D eigenvalue weighted by Gasteiger charge is 2.25. The van der Waals surface area contributed by atoms with Crippen molar-refractivity contribution in [1.29, 1.82) is 0 Å². The van der Waals surface area contributed by atoms with Crippen LogP contribution in [-0.2, 0) is 11.3 Å². The average Bonchev–Trinajstić information content (AvgIpc) is 2.74. The van der Waals surface area contributed by atoms with Gasteiger partial charge in [0.25, 0.3) is 5.91 Å². The van der Waals surface area contributed by atoms with Crippen molar-refractivity contribution in [3.8, 4) is 0 Å². The summed E-state index contributed by atoms with van der Waals surface area (Å²) < 4.78 is 13.9. The highest BCUT2D eigenvalue weighted by molar-refractivity contribution is 6.31. The third-order valence-electron chi connectivity index (χ3n) is 5.13. The van der Waals surface area contributed by atoms with Crippen LogP contribution in [0.3, 0.4) is 0 Å². The van der Waals surface area contributed by atoms with Crippen LogP contribution >= 0.6 is 11.6 Å². The molecule has 2 aromatic rings. The zero-order valence-electron chi connectivity index (χ0n) is 17.2. The van der Waals surface area contributed by atoms with Crippen molar-refractivity contribution in [2.75, 3.05) is 51.7 Å². The molecule has 0 spiro atoms. The molecule has 0 saturated carbocycles. The molecule has 1 aliphatic heterocycles. The number of rotatable bonds is 6. The molecule has 1 saturated heterocycles. The number of hydrogen-bond acceptors (Lipinski definition) is 4. The number of piperazine rings is 1. The number of halogens is 2. The Morgan fingerprint density at radius 2 is 1.73 bits per heavy atom. The number of benzene rings is 2. The molecule has 0 aliphatic carbocycles. The minimum atomic E-state index is -0.579. The van der Waals surface area contributed by atoms with Gasteiger partial charge in [0.15, 0.2) is 0 Å². The Morgan fingerprint density at radius 3 is 2.37 bits per heavy atom. The molecule has 1 aliphatic rings. The van der Waals surface area contributed by atoms with Gasteiger partial charge in [-0.25, -0.2) is 4.39 Å². The minimum Gasteiger partial charge on any atom is -0.378 e. The number of nitrogens with zero attached hydrogens (tertiary/aromatic N) is 3. The van der Waals surface area contributed by atoms with E-state index in [2.05, 4.69) is 5.32 Å². The quantitative estimate of drug-likeness (QED) is 0.762. The van der Waals surface area contributed by atoms with Gasteiger partial charge in [-0.1, -0.05) is 23.7 Å². The number of amides is 2. The Labute approximate surface area is 181 Å². The molecule has 3 rings (SSSR count). The zero-order chi connectivity index (χ0) is 21.7. The number of carbonyl (C=O) groups is 2. The number of hydrogen-bond donors (Lipinski definition) is 1. The van der Waals surface area contributed by atoms with Crippen molar-refractivity contribution in [2.24, 2.45) is 0 Å². The van der Waals surface area contributed by atoms with Gasteiger partial charge in [-0.2, -0.15) is 0 Å². The van der Waals surface area contributed by atoms with Crippen LogP contribution in [0, 0.1) is 5.82 Å². The summed E-state index contributed by atoms with van der Waals surface area (Å²) in [5.41, 5.74) is 2.12. The van der Waals surface area contributed by atoms with E-state index >= 15 is 0 Å². The molecular formula is C22H26ClFN4O2. The second-order valence-corrected chi connectivity index (χ2v) is 7.97. The highest BCUT2D eigenvalue weighted by atomic mass is 35.5. The number of nitrogens with one attached hydrogen (secondary N) is 1. The Morgan fingerprint density at radius 1 is 1.07 bits per heavy atom. The fraction of sp³-hybridized carbons (Fsp3) is 0.364. The summed E-state index contributed by atoms with van der Waals surface area (Å²) in [5.74, 6) is -1.02. The van der Waals surface area contributed by atoms with E-state index in [4.69, 9.17) is 11.6 Å². The molecule has 0 aromatic heterocycles. The summed E-state index contributed by atoms with van der Waals surface area (Å²) in [5, 5.41) is 3.25. The molecule has 2 aromatic carbocycles. The molecule has 30 heavy (non-hydrogen) atoms. The molecule has 0 radical (unpaired) electrons. The van der Waals surface area contributed by atoms with E-state index in [9.17, 15) is 14.0 Å². The van der Waals surface area contributed by atoms with Gasteiger partial charge < -0.3 is 15.1 Å². The van der Waals surface area contributed by atoms with Gasteiger partial charge in [-0.3, -0.25) is 14.5 Å². The molecule has 0 bridgehead atoms. The smallest absolute Gasteiger partial charge is 0.256 e. The van der Waals surface area contributed by atoms with Crippen molar-refractivity contribution < 1.29 is 14.0 Å². The first-order valence-electron chi connectivity index (χ1n) is 9.83. The Kier molecular flexibility index (Phi) is 7.29. The van der Waals surface area contributed by atoms with Crippen molar-refractivity contribution in [3.05, 3.63) is 64.4 Å². The fourth-order valence-electron chi connectivity index (χ4n) is 3.31. The zero-order valence-corrected chi connectivity index (χ0v) is 18.0. The van der Waals surface area contributed by atoms with Crippen LogP contribution in [0.2, 0.25) is 5.02 Å². The van der Waals surface area contributed by atoms with Gasteiger partial charge in [0.05, 0.1) is 12.1 Å². The van der Waals surface area contributed by atoms with Gasteiger partial charge in [0.2, 0.25) is 5.91 Å². The first-order chi connectivity index (χ1) is 14.3. The van der Waals surface area contributed by atoms with Gasteiger partial charge in [0.1, 0.15) is 5.82 Å². The summed E-state index contributed by atoms with van der Waals surface area (Å²) in [6.45, 7) is 2.72. The molecule has 160 valence electrons. The maximum atomic E-state index is 13.9. The molecule has 2 amide bonds. The van der Waals surface area contributed by atoms with Crippen LogP contribution in [0.5, 0.6) is 0 Å². The van der Waals surface area contributed by atoms with Crippen LogP contribution in [0.4, 0.5) is 10.1 Å². The normalized spacial score (nSPS) is 14.5. The lowest BCUT2D eigenvalue weighted by molar-refractivity contribution is -0.122. The first kappa shape index (κ1) is 22.1. The predicted octanol–water partition coefficient (Wildman–Crippen LogP) is 2.62. The topological polar surface area (TPSA) is 55.9 Å². The van der Waals surface area contributed by atoms with E-state index in [0.29, 0.717) is 37.7 Å². The van der Waals surface area contributed by atoms with Crippen LogP contribution in [0.15, 0.2) is 42.5 Å². The summed E-state index contributed by atoms with van der Waals surface area (Å²) in [6, 6.07) is 12.0. The lowest BCUT2D eigenvalue weighted by Crippen LogP contribution is -2.51. The summed E-state index contributed by atoms with van der Waals surface area (Å²) >= 11 is 5.88. The van der Waals surface area contributed by atoms with Crippen LogP contribution in [-0.4, -0.2) is 68.4 Å². The van der Waals surface area contributed by atoms with Crippen LogP contribution in [0.25, 0.3) is 0 Å². The Balaban J connectivity index is 1.44. The summed E-state index contributed by atoms with van der Waals surface area (Å²) in [7, 11) is 3.96. The van der Waals surface area contributed by atoms with Crippen molar-refractivity contribution in [2.45, 2.75) is 6.54 Å². The summed E-state index contributed by atoms with van der Waals surface area (Å²) in [6.07, 6.45) is 0. The van der Waals surface area contributed by atoms with Crippen molar-refractivity contribution in [1.82, 2.24) is 15.1 Å². The highest BCUT2D eigenvalue weighted by Crippen LogP contribution is 2.18. The third-order valence-corrected chi connectivity index (χ3v) is 5.36. The third kappa shape index (κ3) is 5.70. The molecule has 1 fully saturated rings. The van der Waals surface area contributed by atoms with E-state index in [1.165, 1.54) is 18.2 Å². The lowest BCUT2D eigenvalue weighted by atomic mass is 10.1. The SMILES string of the molecule is CN(C)c1ccc(CNC(=O)CN2CCN(C(=O)c3cc(Cl)ccc3F)CC2)cc1. The molecule has 0 atom stereocenters. The standard InChI is InChI=1S/C22H26ClFN4O2/c1-26(2)18-6-3-16(4-7-18)14-25-21(29)15-27-9-11-28(12-10-27)22(30)19-13-17(23)5-8-20(19)24/h3-8,13H,9-12,14-15H2,1-2H3,(H,25,29). The second-order valence-electron chi connectivity index (χ2n) is 7.53. The van der Waals surface area contributed by atoms with Gasteiger partial charge in [0, 0.05) is 57.5 Å². The van der Waals surface area contributed by atoms with E-state index in [1.807, 2.05) is 48.2 Å². The molecular weight excluding hydrogens is 407 g/mol. The largest absolute Gasteiger partial charge is 0.378 e. The first-order valence-corrected chi connectivity index (χ1v) is 10.2. The predicted molar refractivity (Wildman–Crippen MR) is 116 cm³/mol. The van der Waals surface area contributed by atoms with Gasteiger partial charge >= 0.3 is 0 Å². The molecule has 1 heterocycles. The molecule has 8 heteroatoms. The maximum Gasteiger partial charge on any atom is 0.256 e. The van der Waals surface area contributed by atoms with E-state index in [0.717, 1.165) is 11.3 Å². The average molecular weight is 433 g/mol. The van der Waals surface area contributed by atoms with Crippen molar-refractivity contribution >= 4 is 29.1 Å². The Hall–Kier alpha value is -2.64. The minimum absolute atomic E-state index is 0.0195. The van der Waals surface area contributed by atoms with Gasteiger partial charge in [-0.05, 0) is 35.9 Å². The maximum absolute atomic E-state index is 13.9. The van der Waals surface area contributed by atoms with Crippen molar-refractivity contribution in [3.63, 3.8) is 0 Å². The Bertz CT molecular complexity index is 897. The van der Waals surface area contributed by atoms with Crippen LogP contribution < -0.4 is 10.2 Å². The monoisotopic (exact) mass is 432 g/mol. The van der Waals surface area contributed by atoms with E-state index in [-0.39, 0.29) is 23.9 Å².